The molecule has 1 fully saturated rings. The van der Waals surface area contributed by atoms with E-state index < -0.39 is 0 Å². The first-order valence-electron chi connectivity index (χ1n) is 10.3. The quantitative estimate of drug-likeness (QED) is 0.469. The normalized spacial score (nSPS) is 15.0. The second kappa shape index (κ2) is 7.81. The van der Waals surface area contributed by atoms with Crippen LogP contribution in [-0.4, -0.2) is 43.8 Å². The zero-order chi connectivity index (χ0) is 21.5. The fraction of sp³-hybridized carbons (Fsp3) is 0.304. The summed E-state index contributed by atoms with van der Waals surface area (Å²) in [5.41, 5.74) is 3.48. The Morgan fingerprint density at radius 2 is 1.94 bits per heavy atom. The summed E-state index contributed by atoms with van der Waals surface area (Å²) in [6, 6.07) is 13.2. The number of halogens is 1. The minimum Gasteiger partial charge on any atom is -0.339 e. The maximum absolute atomic E-state index is 12.8. The molecule has 0 aliphatic carbocycles. The van der Waals surface area contributed by atoms with Crippen LogP contribution in [0.15, 0.2) is 47.0 Å². The second-order valence-electron chi connectivity index (χ2n) is 7.94. The average molecular weight is 436 g/mol. The van der Waals surface area contributed by atoms with Gasteiger partial charge in [0, 0.05) is 37.0 Å². The van der Waals surface area contributed by atoms with Crippen molar-refractivity contribution in [2.24, 2.45) is 7.05 Å². The Morgan fingerprint density at radius 3 is 2.71 bits per heavy atom. The number of carbonyl (C=O) groups excluding carboxylic acids is 1. The highest BCUT2D eigenvalue weighted by Gasteiger charge is 2.29. The van der Waals surface area contributed by atoms with Crippen LogP contribution in [0.4, 0.5) is 0 Å². The van der Waals surface area contributed by atoms with Gasteiger partial charge in [0.25, 0.3) is 5.91 Å². The summed E-state index contributed by atoms with van der Waals surface area (Å²) < 4.78 is 7.46. The SMILES string of the molecule is Cc1nn(C)c2cc(-c3noc(C4CCN(C(=O)c5ccccc5Cl)CC4)n3)ccc12. The van der Waals surface area contributed by atoms with Gasteiger partial charge in [0.2, 0.25) is 11.7 Å². The van der Waals surface area contributed by atoms with Crippen molar-refractivity contribution in [3.8, 4) is 11.4 Å². The molecule has 1 saturated heterocycles. The molecule has 0 spiro atoms. The summed E-state index contributed by atoms with van der Waals surface area (Å²) in [5.74, 6) is 1.31. The smallest absolute Gasteiger partial charge is 0.255 e. The molecular formula is C23H22ClN5O2. The van der Waals surface area contributed by atoms with Crippen molar-refractivity contribution in [2.75, 3.05) is 13.1 Å². The number of likely N-dealkylation sites (tertiary alicyclic amines) is 1. The maximum atomic E-state index is 12.8. The molecular weight excluding hydrogens is 414 g/mol. The topological polar surface area (TPSA) is 77.0 Å². The average Bonchev–Trinajstić information content (AvgIpc) is 3.39. The van der Waals surface area contributed by atoms with E-state index in [2.05, 4.69) is 15.2 Å². The zero-order valence-corrected chi connectivity index (χ0v) is 18.1. The summed E-state index contributed by atoms with van der Waals surface area (Å²) in [7, 11) is 1.93. The van der Waals surface area contributed by atoms with Crippen molar-refractivity contribution < 1.29 is 9.32 Å². The third kappa shape index (κ3) is 3.59. The summed E-state index contributed by atoms with van der Waals surface area (Å²) >= 11 is 6.19. The van der Waals surface area contributed by atoms with E-state index in [0.29, 0.717) is 35.4 Å². The van der Waals surface area contributed by atoms with Crippen molar-refractivity contribution in [2.45, 2.75) is 25.7 Å². The minimum absolute atomic E-state index is 0.0324. The highest BCUT2D eigenvalue weighted by molar-refractivity contribution is 6.33. The van der Waals surface area contributed by atoms with Gasteiger partial charge >= 0.3 is 0 Å². The number of aryl methyl sites for hydroxylation is 2. The number of fused-ring (bicyclic) bond motifs is 1. The largest absolute Gasteiger partial charge is 0.339 e. The monoisotopic (exact) mass is 435 g/mol. The number of nitrogens with zero attached hydrogens (tertiary/aromatic N) is 5. The third-order valence-electron chi connectivity index (χ3n) is 5.97. The van der Waals surface area contributed by atoms with Crippen LogP contribution < -0.4 is 0 Å². The van der Waals surface area contributed by atoms with E-state index in [4.69, 9.17) is 16.1 Å². The summed E-state index contributed by atoms with van der Waals surface area (Å²) in [6.07, 6.45) is 1.55. The predicted octanol–water partition coefficient (Wildman–Crippen LogP) is 4.60. The molecule has 0 saturated carbocycles. The van der Waals surface area contributed by atoms with Gasteiger partial charge in [-0.1, -0.05) is 41.0 Å². The van der Waals surface area contributed by atoms with Gasteiger partial charge in [-0.05, 0) is 38.0 Å². The van der Waals surface area contributed by atoms with Crippen molar-refractivity contribution in [3.63, 3.8) is 0 Å². The van der Waals surface area contributed by atoms with Gasteiger partial charge in [-0.15, -0.1) is 0 Å². The van der Waals surface area contributed by atoms with Gasteiger partial charge in [-0.3, -0.25) is 9.48 Å². The van der Waals surface area contributed by atoms with Crippen molar-refractivity contribution in [1.82, 2.24) is 24.8 Å². The second-order valence-corrected chi connectivity index (χ2v) is 8.35. The molecule has 0 N–H and O–H groups in total. The van der Waals surface area contributed by atoms with Crippen LogP contribution in [0.3, 0.4) is 0 Å². The lowest BCUT2D eigenvalue weighted by molar-refractivity contribution is 0.0704. The third-order valence-corrected chi connectivity index (χ3v) is 6.30. The first-order valence-corrected chi connectivity index (χ1v) is 10.7. The molecule has 1 aliphatic rings. The lowest BCUT2D eigenvalue weighted by Crippen LogP contribution is -2.38. The molecule has 3 heterocycles. The number of piperidine rings is 1. The molecule has 1 aliphatic heterocycles. The molecule has 7 nitrogen and oxygen atoms in total. The van der Waals surface area contributed by atoms with E-state index in [0.717, 1.165) is 35.0 Å². The molecule has 31 heavy (non-hydrogen) atoms. The van der Waals surface area contributed by atoms with Gasteiger partial charge in [-0.2, -0.15) is 10.1 Å². The number of rotatable bonds is 3. The number of aromatic nitrogens is 4. The molecule has 1 amide bonds. The van der Waals surface area contributed by atoms with Crippen molar-refractivity contribution >= 4 is 28.4 Å². The number of hydrogen-bond donors (Lipinski definition) is 0. The standard InChI is InChI=1S/C23H22ClN5O2/c1-14-17-8-7-16(13-20(17)28(2)26-14)21-25-22(31-27-21)15-9-11-29(12-10-15)23(30)18-5-3-4-6-19(18)24/h3-8,13,15H,9-12H2,1-2H3. The number of carbonyl (C=O) groups is 1. The Kier molecular flexibility index (Phi) is 4.98. The van der Waals surface area contributed by atoms with Crippen LogP contribution in [0.25, 0.3) is 22.3 Å². The maximum Gasteiger partial charge on any atom is 0.255 e. The molecule has 5 rings (SSSR count). The van der Waals surface area contributed by atoms with Gasteiger partial charge in [0.15, 0.2) is 0 Å². The van der Waals surface area contributed by atoms with Crippen LogP contribution in [0.1, 0.15) is 40.7 Å². The summed E-state index contributed by atoms with van der Waals surface area (Å²) in [5, 5.41) is 10.3. The molecule has 2 aromatic carbocycles. The van der Waals surface area contributed by atoms with Crippen LogP contribution in [0.2, 0.25) is 5.02 Å². The Balaban J connectivity index is 1.30. The Labute approximate surface area is 184 Å². The first kappa shape index (κ1) is 19.8. The number of hydrogen-bond acceptors (Lipinski definition) is 5. The van der Waals surface area contributed by atoms with E-state index in [-0.39, 0.29) is 11.8 Å². The van der Waals surface area contributed by atoms with Gasteiger partial charge < -0.3 is 9.42 Å². The van der Waals surface area contributed by atoms with E-state index in [1.54, 1.807) is 12.1 Å². The minimum atomic E-state index is -0.0324. The fourth-order valence-corrected chi connectivity index (χ4v) is 4.45. The molecule has 0 radical (unpaired) electrons. The Bertz CT molecular complexity index is 1270. The first-order chi connectivity index (χ1) is 15.0. The molecule has 0 bridgehead atoms. The molecule has 8 heteroatoms. The van der Waals surface area contributed by atoms with Gasteiger partial charge in [-0.25, -0.2) is 0 Å². The molecule has 2 aromatic heterocycles. The van der Waals surface area contributed by atoms with Crippen molar-refractivity contribution in [1.29, 1.82) is 0 Å². The van der Waals surface area contributed by atoms with E-state index in [9.17, 15) is 4.79 Å². The fourth-order valence-electron chi connectivity index (χ4n) is 4.23. The van der Waals surface area contributed by atoms with Gasteiger partial charge in [0.1, 0.15) is 0 Å². The predicted molar refractivity (Wildman–Crippen MR) is 118 cm³/mol. The highest BCUT2D eigenvalue weighted by Crippen LogP contribution is 2.31. The number of benzene rings is 2. The van der Waals surface area contributed by atoms with E-state index in [1.807, 2.05) is 53.9 Å². The van der Waals surface area contributed by atoms with Gasteiger partial charge in [0.05, 0.1) is 21.8 Å². The highest BCUT2D eigenvalue weighted by atomic mass is 35.5. The van der Waals surface area contributed by atoms with E-state index in [1.165, 1.54) is 0 Å². The Morgan fingerprint density at radius 1 is 1.16 bits per heavy atom. The summed E-state index contributed by atoms with van der Waals surface area (Å²) in [4.78, 5) is 19.3. The molecule has 0 atom stereocenters. The van der Waals surface area contributed by atoms with Crippen LogP contribution in [0.5, 0.6) is 0 Å². The summed E-state index contributed by atoms with van der Waals surface area (Å²) in [6.45, 7) is 3.26. The van der Waals surface area contributed by atoms with Crippen molar-refractivity contribution in [3.05, 3.63) is 64.6 Å². The van der Waals surface area contributed by atoms with E-state index >= 15 is 0 Å². The zero-order valence-electron chi connectivity index (χ0n) is 17.4. The Hall–Kier alpha value is -3.19. The van der Waals surface area contributed by atoms with Crippen LogP contribution in [-0.2, 0) is 7.05 Å². The van der Waals surface area contributed by atoms with Crippen LogP contribution >= 0.6 is 11.6 Å². The number of amides is 1. The molecule has 158 valence electrons. The molecule has 4 aromatic rings. The lowest BCUT2D eigenvalue weighted by Gasteiger charge is -2.30. The van der Waals surface area contributed by atoms with Crippen LogP contribution in [0, 0.1) is 6.92 Å². The lowest BCUT2D eigenvalue weighted by atomic mass is 9.96. The molecule has 0 unspecified atom stereocenters.